The summed E-state index contributed by atoms with van der Waals surface area (Å²) in [5.74, 6) is 0.255. The third-order valence-corrected chi connectivity index (χ3v) is 7.36. The Bertz CT molecular complexity index is 957. The third-order valence-electron chi connectivity index (χ3n) is 4.59. The lowest BCUT2D eigenvalue weighted by atomic mass is 9.98. The van der Waals surface area contributed by atoms with Crippen LogP contribution in [0.2, 0.25) is 5.02 Å². The molecule has 1 saturated heterocycles. The van der Waals surface area contributed by atoms with E-state index in [9.17, 15) is 13.2 Å². The second kappa shape index (κ2) is 8.82. The molecule has 1 aliphatic rings. The van der Waals surface area contributed by atoms with E-state index in [0.29, 0.717) is 33.8 Å². The van der Waals surface area contributed by atoms with Gasteiger partial charge in [0.1, 0.15) is 11.5 Å². The largest absolute Gasteiger partial charge is 0.497 e. The Kier molecular flexibility index (Phi) is 6.65. The van der Waals surface area contributed by atoms with E-state index in [0.717, 1.165) is 0 Å². The second-order valence-corrected chi connectivity index (χ2v) is 9.58. The molecule has 0 spiro atoms. The number of piperidine rings is 1. The van der Waals surface area contributed by atoms with Crippen LogP contribution in [-0.4, -0.2) is 38.9 Å². The minimum Gasteiger partial charge on any atom is -0.497 e. The molecule has 0 saturated carbocycles. The Hall–Kier alpha value is -1.61. The van der Waals surface area contributed by atoms with Crippen molar-refractivity contribution in [2.45, 2.75) is 17.7 Å². The van der Waals surface area contributed by atoms with Crippen LogP contribution in [0.25, 0.3) is 0 Å². The molecule has 0 unspecified atom stereocenters. The number of methoxy groups -OCH3 is 1. The third kappa shape index (κ3) is 4.68. The Balaban J connectivity index is 1.62. The zero-order chi connectivity index (χ0) is 20.3. The SMILES string of the molecule is COc1ccc(S(=O)(=O)N2CCC(C(=O)Oc3ccc(Cl)cc3Br)CC2)cc1. The number of benzene rings is 2. The van der Waals surface area contributed by atoms with Crippen molar-refractivity contribution in [1.29, 1.82) is 0 Å². The van der Waals surface area contributed by atoms with Crippen LogP contribution in [0.3, 0.4) is 0 Å². The maximum absolute atomic E-state index is 12.8. The molecule has 1 fully saturated rings. The Morgan fingerprint density at radius 2 is 1.79 bits per heavy atom. The zero-order valence-electron chi connectivity index (χ0n) is 15.1. The molecule has 0 radical (unpaired) electrons. The smallest absolute Gasteiger partial charge is 0.314 e. The lowest BCUT2D eigenvalue weighted by molar-refractivity contribution is -0.140. The molecule has 2 aromatic carbocycles. The van der Waals surface area contributed by atoms with E-state index in [-0.39, 0.29) is 29.9 Å². The molecule has 2 aromatic rings. The molecule has 0 N–H and O–H groups in total. The van der Waals surface area contributed by atoms with Gasteiger partial charge in [-0.3, -0.25) is 4.79 Å². The summed E-state index contributed by atoms with van der Waals surface area (Å²) in [5.41, 5.74) is 0. The van der Waals surface area contributed by atoms with Gasteiger partial charge in [-0.1, -0.05) is 11.6 Å². The number of carbonyl (C=O) groups excluding carboxylic acids is 1. The van der Waals surface area contributed by atoms with Crippen molar-refractivity contribution >= 4 is 43.5 Å². The van der Waals surface area contributed by atoms with Gasteiger partial charge in [0.15, 0.2) is 0 Å². The molecule has 0 bridgehead atoms. The van der Waals surface area contributed by atoms with E-state index in [2.05, 4.69) is 15.9 Å². The normalized spacial score (nSPS) is 16.0. The molecular formula is C19H19BrClNO5S. The number of rotatable bonds is 5. The van der Waals surface area contributed by atoms with Crippen LogP contribution in [0.4, 0.5) is 0 Å². The average Bonchev–Trinajstić information content (AvgIpc) is 2.70. The maximum atomic E-state index is 12.8. The molecule has 1 aliphatic heterocycles. The summed E-state index contributed by atoms with van der Waals surface area (Å²) >= 11 is 9.20. The second-order valence-electron chi connectivity index (χ2n) is 6.35. The monoisotopic (exact) mass is 487 g/mol. The predicted molar refractivity (Wildman–Crippen MR) is 109 cm³/mol. The van der Waals surface area contributed by atoms with Gasteiger partial charge >= 0.3 is 5.97 Å². The molecule has 1 heterocycles. The minimum atomic E-state index is -3.60. The Labute approximate surface area is 177 Å². The molecule has 6 nitrogen and oxygen atoms in total. The quantitative estimate of drug-likeness (QED) is 0.468. The molecular weight excluding hydrogens is 470 g/mol. The predicted octanol–water partition coefficient (Wildman–Crippen LogP) is 4.12. The first-order valence-corrected chi connectivity index (χ1v) is 11.2. The Morgan fingerprint density at radius 1 is 1.14 bits per heavy atom. The van der Waals surface area contributed by atoms with Crippen molar-refractivity contribution < 1.29 is 22.7 Å². The highest BCUT2D eigenvalue weighted by Crippen LogP contribution is 2.30. The van der Waals surface area contributed by atoms with Crippen molar-refractivity contribution in [1.82, 2.24) is 4.31 Å². The number of halogens is 2. The molecule has 3 rings (SSSR count). The number of nitrogens with zero attached hydrogens (tertiary/aromatic N) is 1. The summed E-state index contributed by atoms with van der Waals surface area (Å²) in [4.78, 5) is 12.7. The van der Waals surface area contributed by atoms with Gasteiger partial charge < -0.3 is 9.47 Å². The molecule has 0 aliphatic carbocycles. The van der Waals surface area contributed by atoms with E-state index in [1.165, 1.54) is 23.5 Å². The topological polar surface area (TPSA) is 72.9 Å². The van der Waals surface area contributed by atoms with Gasteiger partial charge in [0.2, 0.25) is 10.0 Å². The fourth-order valence-electron chi connectivity index (χ4n) is 2.98. The van der Waals surface area contributed by atoms with Crippen molar-refractivity contribution in [3.8, 4) is 11.5 Å². The van der Waals surface area contributed by atoms with Gasteiger partial charge in [-0.15, -0.1) is 0 Å². The van der Waals surface area contributed by atoms with Crippen LogP contribution in [-0.2, 0) is 14.8 Å². The number of hydrogen-bond donors (Lipinski definition) is 0. The van der Waals surface area contributed by atoms with Gasteiger partial charge in [-0.25, -0.2) is 8.42 Å². The molecule has 0 atom stereocenters. The maximum Gasteiger partial charge on any atom is 0.314 e. The summed E-state index contributed by atoms with van der Waals surface area (Å²) in [6.45, 7) is 0.520. The van der Waals surface area contributed by atoms with E-state index in [4.69, 9.17) is 21.1 Å². The first-order chi connectivity index (χ1) is 13.3. The molecule has 9 heteroatoms. The van der Waals surface area contributed by atoms with Crippen molar-refractivity contribution in [3.63, 3.8) is 0 Å². The van der Waals surface area contributed by atoms with E-state index in [1.54, 1.807) is 30.3 Å². The molecule has 28 heavy (non-hydrogen) atoms. The summed E-state index contributed by atoms with van der Waals surface area (Å²) in [5, 5.41) is 0.531. The lowest BCUT2D eigenvalue weighted by Crippen LogP contribution is -2.41. The first-order valence-electron chi connectivity index (χ1n) is 8.62. The number of sulfonamides is 1. The van der Waals surface area contributed by atoms with Crippen LogP contribution in [0, 0.1) is 5.92 Å². The van der Waals surface area contributed by atoms with Crippen LogP contribution in [0.5, 0.6) is 11.5 Å². The molecule has 0 aromatic heterocycles. The van der Waals surface area contributed by atoms with E-state index >= 15 is 0 Å². The lowest BCUT2D eigenvalue weighted by Gasteiger charge is -2.30. The number of carbonyl (C=O) groups is 1. The van der Waals surface area contributed by atoms with Crippen molar-refractivity contribution in [2.75, 3.05) is 20.2 Å². The van der Waals surface area contributed by atoms with Crippen molar-refractivity contribution in [2.24, 2.45) is 5.92 Å². The number of hydrogen-bond acceptors (Lipinski definition) is 5. The molecule has 150 valence electrons. The van der Waals surface area contributed by atoms with Gasteiger partial charge in [0, 0.05) is 18.1 Å². The first kappa shape index (κ1) is 21.1. The van der Waals surface area contributed by atoms with Crippen LogP contribution in [0.1, 0.15) is 12.8 Å². The van der Waals surface area contributed by atoms with Gasteiger partial charge in [0.05, 0.1) is 22.4 Å². The average molecular weight is 489 g/mol. The standard InChI is InChI=1S/C19H19BrClNO5S/c1-26-15-3-5-16(6-4-15)28(24,25)22-10-8-13(9-11-22)19(23)27-18-7-2-14(21)12-17(18)20/h2-7,12-13H,8-11H2,1H3. The number of esters is 1. The summed E-state index contributed by atoms with van der Waals surface area (Å²) < 4.78 is 38.1. The van der Waals surface area contributed by atoms with Gasteiger partial charge in [-0.2, -0.15) is 4.31 Å². The molecule has 0 amide bonds. The highest BCUT2D eigenvalue weighted by molar-refractivity contribution is 9.10. The minimum absolute atomic E-state index is 0.208. The van der Waals surface area contributed by atoms with Crippen molar-refractivity contribution in [3.05, 3.63) is 52.0 Å². The van der Waals surface area contributed by atoms with E-state index in [1.807, 2.05) is 0 Å². The van der Waals surface area contributed by atoms with Gasteiger partial charge in [0.25, 0.3) is 0 Å². The highest BCUT2D eigenvalue weighted by Gasteiger charge is 2.33. The van der Waals surface area contributed by atoms with Crippen LogP contribution < -0.4 is 9.47 Å². The van der Waals surface area contributed by atoms with Gasteiger partial charge in [-0.05, 0) is 71.2 Å². The summed E-state index contributed by atoms with van der Waals surface area (Å²) in [6.07, 6.45) is 0.804. The Morgan fingerprint density at radius 3 is 2.36 bits per heavy atom. The van der Waals surface area contributed by atoms with Crippen LogP contribution >= 0.6 is 27.5 Å². The number of ether oxygens (including phenoxy) is 2. The van der Waals surface area contributed by atoms with E-state index < -0.39 is 10.0 Å². The fourth-order valence-corrected chi connectivity index (χ4v) is 5.21. The fraction of sp³-hybridized carbons (Fsp3) is 0.316. The zero-order valence-corrected chi connectivity index (χ0v) is 18.3. The highest BCUT2D eigenvalue weighted by atomic mass is 79.9. The van der Waals surface area contributed by atoms with Crippen LogP contribution in [0.15, 0.2) is 51.8 Å². The summed E-state index contributed by atoms with van der Waals surface area (Å²) in [7, 11) is -2.08. The summed E-state index contributed by atoms with van der Waals surface area (Å²) in [6, 6.07) is 11.2.